The van der Waals surface area contributed by atoms with Crippen molar-refractivity contribution in [3.63, 3.8) is 0 Å². The van der Waals surface area contributed by atoms with E-state index >= 15 is 0 Å². The van der Waals surface area contributed by atoms with E-state index in [1.54, 1.807) is 12.1 Å². The van der Waals surface area contributed by atoms with Crippen LogP contribution in [0.25, 0.3) is 0 Å². The summed E-state index contributed by atoms with van der Waals surface area (Å²) in [5, 5.41) is 10.8. The van der Waals surface area contributed by atoms with Crippen LogP contribution in [0.3, 0.4) is 0 Å². The Bertz CT molecular complexity index is 452. The quantitative estimate of drug-likeness (QED) is 0.846. The Morgan fingerprint density at radius 2 is 2.05 bits per heavy atom. The smallest absolute Gasteiger partial charge is 0.127 e. The SMILES string of the molecule is CC1CCC(C(C)(C)Cc2c(F)cccc2Cl)C(O)C1. The molecule has 3 unspecified atom stereocenters. The van der Waals surface area contributed by atoms with Gasteiger partial charge in [0.15, 0.2) is 0 Å². The fourth-order valence-electron chi connectivity index (χ4n) is 3.55. The largest absolute Gasteiger partial charge is 0.393 e. The third-order valence-corrected chi connectivity index (χ3v) is 5.13. The van der Waals surface area contributed by atoms with Gasteiger partial charge in [-0.3, -0.25) is 0 Å². The van der Waals surface area contributed by atoms with E-state index in [1.165, 1.54) is 6.07 Å². The fourth-order valence-corrected chi connectivity index (χ4v) is 3.78. The van der Waals surface area contributed by atoms with Crippen molar-refractivity contribution in [2.24, 2.45) is 17.3 Å². The number of aliphatic hydroxyl groups excluding tert-OH is 1. The van der Waals surface area contributed by atoms with Crippen molar-refractivity contribution in [2.75, 3.05) is 0 Å². The summed E-state index contributed by atoms with van der Waals surface area (Å²) in [5.41, 5.74) is 0.413. The first-order valence-corrected chi connectivity index (χ1v) is 7.80. The van der Waals surface area contributed by atoms with Gasteiger partial charge in [0.2, 0.25) is 0 Å². The van der Waals surface area contributed by atoms with Crippen molar-refractivity contribution in [2.45, 2.75) is 52.6 Å². The highest BCUT2D eigenvalue weighted by molar-refractivity contribution is 6.31. The monoisotopic (exact) mass is 298 g/mol. The second kappa shape index (κ2) is 6.03. The Morgan fingerprint density at radius 1 is 1.35 bits per heavy atom. The van der Waals surface area contributed by atoms with Gasteiger partial charge in [0.25, 0.3) is 0 Å². The van der Waals surface area contributed by atoms with Crippen molar-refractivity contribution in [1.29, 1.82) is 0 Å². The molecule has 1 aromatic carbocycles. The van der Waals surface area contributed by atoms with Gasteiger partial charge in [0, 0.05) is 10.6 Å². The molecule has 112 valence electrons. The number of hydrogen-bond acceptors (Lipinski definition) is 1. The molecule has 1 nitrogen and oxygen atoms in total. The molecule has 3 heteroatoms. The molecule has 0 aromatic heterocycles. The highest BCUT2D eigenvalue weighted by Gasteiger charge is 2.38. The Labute approximate surface area is 126 Å². The summed E-state index contributed by atoms with van der Waals surface area (Å²) in [7, 11) is 0. The zero-order valence-electron chi connectivity index (χ0n) is 12.5. The highest BCUT2D eigenvalue weighted by Crippen LogP contribution is 2.43. The van der Waals surface area contributed by atoms with E-state index in [9.17, 15) is 9.50 Å². The first kappa shape index (κ1) is 15.8. The van der Waals surface area contributed by atoms with E-state index < -0.39 is 0 Å². The molecular weight excluding hydrogens is 275 g/mol. The summed E-state index contributed by atoms with van der Waals surface area (Å²) in [6.07, 6.45) is 3.25. The number of hydrogen-bond donors (Lipinski definition) is 1. The summed E-state index contributed by atoms with van der Waals surface area (Å²) < 4.78 is 14.0. The predicted molar refractivity (Wildman–Crippen MR) is 81.4 cm³/mol. The number of rotatable bonds is 3. The molecule has 1 N–H and O–H groups in total. The van der Waals surface area contributed by atoms with E-state index in [2.05, 4.69) is 20.8 Å². The maximum atomic E-state index is 14.0. The Kier molecular flexibility index (Phi) is 4.76. The normalized spacial score (nSPS) is 27.6. The molecular formula is C17H24ClFO. The molecule has 2 rings (SSSR count). The summed E-state index contributed by atoms with van der Waals surface area (Å²) in [5.74, 6) is 0.535. The maximum absolute atomic E-state index is 14.0. The molecule has 1 saturated carbocycles. The van der Waals surface area contributed by atoms with E-state index in [1.807, 2.05) is 0 Å². The van der Waals surface area contributed by atoms with Gasteiger partial charge >= 0.3 is 0 Å². The third-order valence-electron chi connectivity index (χ3n) is 4.78. The van der Waals surface area contributed by atoms with Gasteiger partial charge < -0.3 is 5.11 Å². The number of benzene rings is 1. The summed E-state index contributed by atoms with van der Waals surface area (Å²) in [6, 6.07) is 4.82. The molecule has 0 amide bonds. The molecule has 20 heavy (non-hydrogen) atoms. The molecule has 0 spiro atoms. The van der Waals surface area contributed by atoms with Gasteiger partial charge in [0.05, 0.1) is 6.10 Å². The van der Waals surface area contributed by atoms with Gasteiger partial charge in [-0.15, -0.1) is 0 Å². The van der Waals surface area contributed by atoms with Crippen LogP contribution in [0.2, 0.25) is 5.02 Å². The lowest BCUT2D eigenvalue weighted by Gasteiger charge is -2.42. The van der Waals surface area contributed by atoms with Gasteiger partial charge in [-0.2, -0.15) is 0 Å². The second-order valence-electron chi connectivity index (χ2n) is 6.96. The van der Waals surface area contributed by atoms with Crippen molar-refractivity contribution in [3.05, 3.63) is 34.6 Å². The van der Waals surface area contributed by atoms with Crippen LogP contribution in [0.15, 0.2) is 18.2 Å². The first-order chi connectivity index (χ1) is 9.31. The van der Waals surface area contributed by atoms with Crippen molar-refractivity contribution < 1.29 is 9.50 Å². The zero-order chi connectivity index (χ0) is 14.9. The average molecular weight is 299 g/mol. The molecule has 1 aliphatic rings. The minimum absolute atomic E-state index is 0.161. The molecule has 1 aliphatic carbocycles. The summed E-state index contributed by atoms with van der Waals surface area (Å²) >= 11 is 6.13. The minimum Gasteiger partial charge on any atom is -0.393 e. The van der Waals surface area contributed by atoms with Crippen LogP contribution in [0, 0.1) is 23.1 Å². The standard InChI is InChI=1S/C17H24ClFO/c1-11-7-8-13(16(20)9-11)17(2,3)10-12-14(18)5-4-6-15(12)19/h4-6,11,13,16,20H,7-10H2,1-3H3. The molecule has 0 aliphatic heterocycles. The second-order valence-corrected chi connectivity index (χ2v) is 7.36. The molecule has 1 aromatic rings. The van der Waals surface area contributed by atoms with E-state index in [0.29, 0.717) is 22.9 Å². The lowest BCUT2D eigenvalue weighted by Crippen LogP contribution is -2.40. The van der Waals surface area contributed by atoms with Crippen LogP contribution in [0.5, 0.6) is 0 Å². The van der Waals surface area contributed by atoms with Gasteiger partial charge in [0.1, 0.15) is 5.82 Å². The summed E-state index contributed by atoms with van der Waals surface area (Å²) in [4.78, 5) is 0. The van der Waals surface area contributed by atoms with Gasteiger partial charge in [-0.25, -0.2) is 4.39 Å². The van der Waals surface area contributed by atoms with Gasteiger partial charge in [-0.05, 0) is 48.6 Å². The molecule has 0 radical (unpaired) electrons. The Morgan fingerprint density at radius 3 is 2.65 bits per heavy atom. The molecule has 3 atom stereocenters. The van der Waals surface area contributed by atoms with E-state index in [4.69, 9.17) is 11.6 Å². The van der Waals surface area contributed by atoms with Gasteiger partial charge in [-0.1, -0.05) is 44.9 Å². The Balaban J connectivity index is 2.18. The summed E-state index contributed by atoms with van der Waals surface area (Å²) in [6.45, 7) is 6.40. The van der Waals surface area contributed by atoms with Crippen molar-refractivity contribution >= 4 is 11.6 Å². The third kappa shape index (κ3) is 3.35. The molecule has 0 heterocycles. The van der Waals surface area contributed by atoms with Crippen LogP contribution < -0.4 is 0 Å². The predicted octanol–water partition coefficient (Wildman–Crippen LogP) is 4.84. The van der Waals surface area contributed by atoms with Crippen LogP contribution in [0.1, 0.15) is 45.6 Å². The van der Waals surface area contributed by atoms with Crippen LogP contribution in [-0.4, -0.2) is 11.2 Å². The number of halogens is 2. The lowest BCUT2D eigenvalue weighted by atomic mass is 9.65. The Hall–Kier alpha value is -0.600. The minimum atomic E-state index is -0.292. The molecule has 1 fully saturated rings. The van der Waals surface area contributed by atoms with Crippen molar-refractivity contribution in [3.8, 4) is 0 Å². The fraction of sp³-hybridized carbons (Fsp3) is 0.647. The van der Waals surface area contributed by atoms with Crippen LogP contribution >= 0.6 is 11.6 Å². The van der Waals surface area contributed by atoms with Crippen LogP contribution in [-0.2, 0) is 6.42 Å². The topological polar surface area (TPSA) is 20.2 Å². The highest BCUT2D eigenvalue weighted by atomic mass is 35.5. The van der Waals surface area contributed by atoms with Crippen molar-refractivity contribution in [1.82, 2.24) is 0 Å². The molecule has 0 saturated heterocycles. The van der Waals surface area contributed by atoms with E-state index in [-0.39, 0.29) is 23.3 Å². The average Bonchev–Trinajstić information content (AvgIpc) is 2.33. The lowest BCUT2D eigenvalue weighted by molar-refractivity contribution is -0.0128. The number of aliphatic hydroxyl groups is 1. The maximum Gasteiger partial charge on any atom is 0.127 e. The van der Waals surface area contributed by atoms with Crippen LogP contribution in [0.4, 0.5) is 4.39 Å². The first-order valence-electron chi connectivity index (χ1n) is 7.42. The van der Waals surface area contributed by atoms with E-state index in [0.717, 1.165) is 19.3 Å². The zero-order valence-corrected chi connectivity index (χ0v) is 13.3. The molecule has 0 bridgehead atoms.